The van der Waals surface area contributed by atoms with Gasteiger partial charge in [-0.05, 0) is 51.0 Å². The van der Waals surface area contributed by atoms with Gasteiger partial charge in [0.15, 0.2) is 9.84 Å². The van der Waals surface area contributed by atoms with Crippen LogP contribution in [0.25, 0.3) is 0 Å². The third-order valence-electron chi connectivity index (χ3n) is 3.10. The summed E-state index contributed by atoms with van der Waals surface area (Å²) in [5.41, 5.74) is 1.40. The molecular formula is C14H20O4S. The number of hydrogen-bond donors (Lipinski definition) is 0. The molecule has 5 heteroatoms. The largest absolute Gasteiger partial charge is 0.496 e. The van der Waals surface area contributed by atoms with E-state index in [0.29, 0.717) is 11.3 Å². The van der Waals surface area contributed by atoms with Crippen molar-refractivity contribution in [2.24, 2.45) is 0 Å². The molecular weight excluding hydrogens is 264 g/mol. The molecule has 0 aliphatic heterocycles. The van der Waals surface area contributed by atoms with Gasteiger partial charge in [-0.15, -0.1) is 0 Å². The predicted octanol–water partition coefficient (Wildman–Crippen LogP) is 2.45. The molecule has 0 saturated carbocycles. The van der Waals surface area contributed by atoms with E-state index in [2.05, 4.69) is 0 Å². The minimum absolute atomic E-state index is 0.0346. The van der Waals surface area contributed by atoms with Gasteiger partial charge in [0.1, 0.15) is 11.5 Å². The number of carbonyl (C=O) groups excluding carboxylic acids is 1. The molecule has 1 atom stereocenters. The van der Waals surface area contributed by atoms with Crippen LogP contribution in [0.4, 0.5) is 0 Å². The summed E-state index contributed by atoms with van der Waals surface area (Å²) in [5, 5.41) is -0.712. The highest BCUT2D eigenvalue weighted by atomic mass is 32.2. The van der Waals surface area contributed by atoms with E-state index in [1.165, 1.54) is 6.92 Å². The normalized spacial score (nSPS) is 13.1. The lowest BCUT2D eigenvalue weighted by molar-refractivity contribution is -0.116. The molecule has 0 amide bonds. The van der Waals surface area contributed by atoms with E-state index in [1.807, 2.05) is 0 Å². The van der Waals surface area contributed by atoms with Crippen molar-refractivity contribution >= 4 is 15.6 Å². The molecule has 0 aliphatic rings. The van der Waals surface area contributed by atoms with Crippen LogP contribution in [-0.4, -0.2) is 26.6 Å². The number of methoxy groups -OCH3 is 1. The van der Waals surface area contributed by atoms with Crippen LogP contribution in [0.3, 0.4) is 0 Å². The molecule has 1 unspecified atom stereocenters. The van der Waals surface area contributed by atoms with Gasteiger partial charge in [-0.3, -0.25) is 4.79 Å². The zero-order valence-electron chi connectivity index (χ0n) is 12.0. The van der Waals surface area contributed by atoms with Gasteiger partial charge in [0.2, 0.25) is 0 Å². The molecule has 0 spiro atoms. The van der Waals surface area contributed by atoms with Crippen LogP contribution in [-0.2, 0) is 14.6 Å². The number of ketones is 1. The van der Waals surface area contributed by atoms with Gasteiger partial charge in [-0.25, -0.2) is 8.42 Å². The van der Waals surface area contributed by atoms with Gasteiger partial charge in [0, 0.05) is 6.42 Å². The summed E-state index contributed by atoms with van der Waals surface area (Å²) in [6.07, 6.45) is 0.0346. The Morgan fingerprint density at radius 3 is 2.32 bits per heavy atom. The molecule has 0 fully saturated rings. The fourth-order valence-electron chi connectivity index (χ4n) is 2.02. The van der Waals surface area contributed by atoms with Gasteiger partial charge in [-0.2, -0.15) is 0 Å². The first-order valence-electron chi connectivity index (χ1n) is 6.08. The van der Waals surface area contributed by atoms with Gasteiger partial charge in [-0.1, -0.05) is 0 Å². The van der Waals surface area contributed by atoms with E-state index in [9.17, 15) is 13.2 Å². The Hall–Kier alpha value is -1.36. The van der Waals surface area contributed by atoms with E-state index >= 15 is 0 Å². The second kappa shape index (κ2) is 5.74. The summed E-state index contributed by atoms with van der Waals surface area (Å²) in [7, 11) is -1.94. The highest BCUT2D eigenvalue weighted by Crippen LogP contribution is 2.28. The average molecular weight is 284 g/mol. The Kier molecular flexibility index (Phi) is 4.74. The fourth-order valence-corrected chi connectivity index (χ4v) is 3.76. The quantitative estimate of drug-likeness (QED) is 0.833. The van der Waals surface area contributed by atoms with Crippen molar-refractivity contribution in [3.63, 3.8) is 0 Å². The number of carbonyl (C=O) groups is 1. The number of sulfone groups is 1. The summed E-state index contributed by atoms with van der Waals surface area (Å²) in [6.45, 7) is 6.50. The maximum Gasteiger partial charge on any atom is 0.181 e. The first kappa shape index (κ1) is 15.7. The van der Waals surface area contributed by atoms with Crippen LogP contribution < -0.4 is 4.74 Å². The first-order valence-corrected chi connectivity index (χ1v) is 7.63. The van der Waals surface area contributed by atoms with Crippen molar-refractivity contribution in [1.82, 2.24) is 0 Å². The Balaban J connectivity index is 3.29. The van der Waals surface area contributed by atoms with Crippen LogP contribution >= 0.6 is 0 Å². The monoisotopic (exact) mass is 284 g/mol. The highest BCUT2D eigenvalue weighted by molar-refractivity contribution is 7.92. The SMILES string of the molecule is COc1cc(C)c(S(=O)(=O)C(C)CC(C)=O)cc1C. The number of ether oxygens (including phenoxy) is 1. The van der Waals surface area contributed by atoms with Crippen molar-refractivity contribution in [3.8, 4) is 5.75 Å². The van der Waals surface area contributed by atoms with Crippen molar-refractivity contribution in [2.75, 3.05) is 7.11 Å². The minimum Gasteiger partial charge on any atom is -0.496 e. The molecule has 106 valence electrons. The number of aryl methyl sites for hydroxylation is 2. The average Bonchev–Trinajstić information content (AvgIpc) is 2.30. The van der Waals surface area contributed by atoms with Crippen molar-refractivity contribution in [2.45, 2.75) is 44.3 Å². The second-order valence-corrected chi connectivity index (χ2v) is 7.18. The molecule has 0 aliphatic carbocycles. The lowest BCUT2D eigenvalue weighted by Crippen LogP contribution is -2.21. The molecule has 4 nitrogen and oxygen atoms in total. The molecule has 0 radical (unpaired) electrons. The predicted molar refractivity (Wildman–Crippen MR) is 74.4 cm³/mol. The third-order valence-corrected chi connectivity index (χ3v) is 5.38. The van der Waals surface area contributed by atoms with Crippen LogP contribution in [0, 0.1) is 13.8 Å². The van der Waals surface area contributed by atoms with E-state index in [1.54, 1.807) is 40.0 Å². The summed E-state index contributed by atoms with van der Waals surface area (Å²) >= 11 is 0. The van der Waals surface area contributed by atoms with Crippen LogP contribution in [0.2, 0.25) is 0 Å². The smallest absolute Gasteiger partial charge is 0.181 e. The lowest BCUT2D eigenvalue weighted by atomic mass is 10.1. The van der Waals surface area contributed by atoms with Crippen LogP contribution in [0.15, 0.2) is 17.0 Å². The van der Waals surface area contributed by atoms with Gasteiger partial charge in [0.25, 0.3) is 0 Å². The van der Waals surface area contributed by atoms with Crippen molar-refractivity contribution in [1.29, 1.82) is 0 Å². The number of Topliss-reactive ketones (excluding diaryl/α,β-unsaturated/α-hetero) is 1. The molecule has 0 aromatic heterocycles. The number of hydrogen-bond acceptors (Lipinski definition) is 4. The first-order chi connectivity index (χ1) is 8.70. The minimum atomic E-state index is -3.49. The number of benzene rings is 1. The third kappa shape index (κ3) is 3.35. The maximum absolute atomic E-state index is 12.4. The fraction of sp³-hybridized carbons (Fsp3) is 0.500. The number of rotatable bonds is 5. The van der Waals surface area contributed by atoms with Gasteiger partial charge < -0.3 is 4.74 Å². The molecule has 0 heterocycles. The summed E-state index contributed by atoms with van der Waals surface area (Å²) < 4.78 is 30.1. The zero-order valence-corrected chi connectivity index (χ0v) is 12.8. The summed E-state index contributed by atoms with van der Waals surface area (Å²) in [4.78, 5) is 11.4. The second-order valence-electron chi connectivity index (χ2n) is 4.85. The van der Waals surface area contributed by atoms with E-state index in [0.717, 1.165) is 5.56 Å². The van der Waals surface area contributed by atoms with E-state index < -0.39 is 15.1 Å². The summed E-state index contributed by atoms with van der Waals surface area (Å²) in [6, 6.07) is 3.32. The molecule has 0 N–H and O–H groups in total. The topological polar surface area (TPSA) is 60.4 Å². The molecule has 19 heavy (non-hydrogen) atoms. The zero-order chi connectivity index (χ0) is 14.8. The lowest BCUT2D eigenvalue weighted by Gasteiger charge is -2.15. The van der Waals surface area contributed by atoms with Gasteiger partial charge >= 0.3 is 0 Å². The van der Waals surface area contributed by atoms with E-state index in [4.69, 9.17) is 4.74 Å². The highest BCUT2D eigenvalue weighted by Gasteiger charge is 2.26. The van der Waals surface area contributed by atoms with Crippen LogP contribution in [0.1, 0.15) is 31.4 Å². The maximum atomic E-state index is 12.4. The Bertz CT molecular complexity index is 588. The van der Waals surface area contributed by atoms with Crippen LogP contribution in [0.5, 0.6) is 5.75 Å². The molecule has 0 bridgehead atoms. The molecule has 1 aromatic carbocycles. The Morgan fingerprint density at radius 2 is 1.84 bits per heavy atom. The Labute approximate surface area is 114 Å². The molecule has 0 saturated heterocycles. The van der Waals surface area contributed by atoms with Crippen molar-refractivity contribution in [3.05, 3.63) is 23.3 Å². The van der Waals surface area contributed by atoms with Gasteiger partial charge in [0.05, 0.1) is 17.3 Å². The summed E-state index contributed by atoms with van der Waals surface area (Å²) in [5.74, 6) is 0.537. The van der Waals surface area contributed by atoms with E-state index in [-0.39, 0.29) is 17.1 Å². The molecule has 1 aromatic rings. The van der Waals surface area contributed by atoms with Crippen molar-refractivity contribution < 1.29 is 17.9 Å². The Morgan fingerprint density at radius 1 is 1.26 bits per heavy atom. The standard InChI is InChI=1S/C14H20O4S/c1-9-7-14(10(2)6-13(9)18-5)19(16,17)12(4)8-11(3)15/h6-7,12H,8H2,1-5H3. The molecule has 1 rings (SSSR count).